The summed E-state index contributed by atoms with van der Waals surface area (Å²) in [5.74, 6) is -0.848. The molecule has 2 aromatic carbocycles. The Morgan fingerprint density at radius 1 is 1.17 bits per heavy atom. The highest BCUT2D eigenvalue weighted by atomic mass is 32.2. The van der Waals surface area contributed by atoms with E-state index in [2.05, 4.69) is 6.92 Å². The number of ether oxygens (including phenoxy) is 2. The van der Waals surface area contributed by atoms with E-state index in [0.29, 0.717) is 22.9 Å². The lowest BCUT2D eigenvalue weighted by Crippen LogP contribution is -2.35. The Morgan fingerprint density at radius 2 is 1.93 bits per heavy atom. The average Bonchev–Trinajstić information content (AvgIpc) is 3.02. The number of para-hydroxylation sites is 2. The van der Waals surface area contributed by atoms with Crippen LogP contribution in [0.25, 0.3) is 11.0 Å². The molecule has 1 aliphatic rings. The fraction of sp³-hybridized carbons (Fsp3) is 0.304. The molecule has 2 heterocycles. The van der Waals surface area contributed by atoms with Gasteiger partial charge in [0.15, 0.2) is 6.61 Å². The highest BCUT2D eigenvalue weighted by Gasteiger charge is 2.27. The quantitative estimate of drug-likeness (QED) is 0.554. The molecule has 7 heteroatoms. The normalized spacial score (nSPS) is 16.2. The van der Waals surface area contributed by atoms with Gasteiger partial charge in [0.25, 0.3) is 5.91 Å². The number of methoxy groups -OCH3 is 1. The van der Waals surface area contributed by atoms with Gasteiger partial charge < -0.3 is 18.8 Å². The number of rotatable bonds is 5. The summed E-state index contributed by atoms with van der Waals surface area (Å²) in [7, 11) is 1.55. The van der Waals surface area contributed by atoms with Crippen molar-refractivity contribution in [3.05, 3.63) is 59.9 Å². The molecule has 6 nitrogen and oxygen atoms in total. The Bertz CT molecular complexity index is 1080. The van der Waals surface area contributed by atoms with Crippen LogP contribution in [-0.4, -0.2) is 37.4 Å². The van der Waals surface area contributed by atoms with Crippen LogP contribution in [0.4, 0.5) is 5.69 Å². The second kappa shape index (κ2) is 8.93. The number of anilines is 1. The fourth-order valence-electron chi connectivity index (χ4n) is 3.57. The maximum atomic E-state index is 12.9. The number of nitrogens with zero attached hydrogens (tertiary/aromatic N) is 1. The van der Waals surface area contributed by atoms with Crippen molar-refractivity contribution in [3.63, 3.8) is 0 Å². The number of benzene rings is 2. The van der Waals surface area contributed by atoms with Crippen molar-refractivity contribution < 1.29 is 23.5 Å². The molecule has 1 aliphatic heterocycles. The van der Waals surface area contributed by atoms with Gasteiger partial charge in [0.05, 0.1) is 12.3 Å². The van der Waals surface area contributed by atoms with Crippen LogP contribution in [0.3, 0.4) is 0 Å². The van der Waals surface area contributed by atoms with Gasteiger partial charge in [0, 0.05) is 34.7 Å². The van der Waals surface area contributed by atoms with E-state index in [4.69, 9.17) is 13.9 Å². The number of amides is 1. The second-order valence-corrected chi connectivity index (χ2v) is 8.63. The summed E-state index contributed by atoms with van der Waals surface area (Å²) >= 11 is 1.75. The third kappa shape index (κ3) is 4.08. The largest absolute Gasteiger partial charge is 0.450 e. The van der Waals surface area contributed by atoms with Crippen LogP contribution in [0, 0.1) is 0 Å². The van der Waals surface area contributed by atoms with E-state index >= 15 is 0 Å². The zero-order chi connectivity index (χ0) is 21.1. The average molecular weight is 426 g/mol. The van der Waals surface area contributed by atoms with E-state index in [1.54, 1.807) is 29.8 Å². The number of hydrogen-bond acceptors (Lipinski definition) is 6. The lowest BCUT2D eigenvalue weighted by Gasteiger charge is -2.22. The van der Waals surface area contributed by atoms with Crippen molar-refractivity contribution in [1.82, 2.24) is 0 Å². The van der Waals surface area contributed by atoms with E-state index in [1.165, 1.54) is 0 Å². The Hall–Kier alpha value is -2.77. The molecule has 0 bridgehead atoms. The van der Waals surface area contributed by atoms with Gasteiger partial charge in [-0.25, -0.2) is 4.79 Å². The van der Waals surface area contributed by atoms with Crippen molar-refractivity contribution >= 4 is 40.3 Å². The van der Waals surface area contributed by atoms with E-state index in [-0.39, 0.29) is 24.9 Å². The minimum atomic E-state index is -0.669. The third-order valence-corrected chi connectivity index (χ3v) is 6.28. The van der Waals surface area contributed by atoms with Crippen LogP contribution < -0.4 is 4.90 Å². The molecule has 1 atom stereocenters. The number of carbonyl (C=O) groups is 2. The molecule has 30 heavy (non-hydrogen) atoms. The van der Waals surface area contributed by atoms with Gasteiger partial charge in [0.2, 0.25) is 5.76 Å². The zero-order valence-electron chi connectivity index (χ0n) is 16.9. The maximum Gasteiger partial charge on any atom is 0.375 e. The summed E-state index contributed by atoms with van der Waals surface area (Å²) in [5, 5.41) is 1.20. The molecule has 0 N–H and O–H groups in total. The Labute approximate surface area is 179 Å². The first-order valence-electron chi connectivity index (χ1n) is 9.81. The van der Waals surface area contributed by atoms with Gasteiger partial charge >= 0.3 is 5.97 Å². The summed E-state index contributed by atoms with van der Waals surface area (Å²) in [5.41, 5.74) is 2.06. The molecular weight excluding hydrogens is 402 g/mol. The second-order valence-electron chi connectivity index (χ2n) is 7.15. The summed E-state index contributed by atoms with van der Waals surface area (Å²) < 4.78 is 16.3. The SMILES string of the molecule is COCc1c(C(=O)OCC(=O)N2CC[C@H](C)Sc3ccccc32)oc2ccccc12. The smallest absolute Gasteiger partial charge is 0.375 e. The number of esters is 1. The Balaban J connectivity index is 1.51. The minimum absolute atomic E-state index is 0.0753. The first-order valence-corrected chi connectivity index (χ1v) is 10.7. The maximum absolute atomic E-state index is 12.9. The summed E-state index contributed by atoms with van der Waals surface area (Å²) in [4.78, 5) is 28.4. The topological polar surface area (TPSA) is 69.0 Å². The number of thioether (sulfide) groups is 1. The van der Waals surface area contributed by atoms with E-state index in [0.717, 1.165) is 22.4 Å². The van der Waals surface area contributed by atoms with E-state index in [9.17, 15) is 9.59 Å². The molecular formula is C23H23NO5S. The van der Waals surface area contributed by atoms with Crippen molar-refractivity contribution in [3.8, 4) is 0 Å². The van der Waals surface area contributed by atoms with Crippen LogP contribution in [-0.2, 0) is 20.9 Å². The highest BCUT2D eigenvalue weighted by molar-refractivity contribution is 8.00. The van der Waals surface area contributed by atoms with Gasteiger partial charge in [-0.05, 0) is 24.6 Å². The molecule has 0 saturated carbocycles. The molecule has 1 amide bonds. The van der Waals surface area contributed by atoms with Crippen molar-refractivity contribution in [2.75, 3.05) is 25.2 Å². The number of hydrogen-bond donors (Lipinski definition) is 0. The van der Waals surface area contributed by atoms with Gasteiger partial charge in [-0.3, -0.25) is 4.79 Å². The molecule has 3 aromatic rings. The Kier molecular flexibility index (Phi) is 6.11. The molecule has 0 fully saturated rings. The molecule has 0 spiro atoms. The fourth-order valence-corrected chi connectivity index (χ4v) is 4.68. The lowest BCUT2D eigenvalue weighted by atomic mass is 10.1. The summed E-state index contributed by atoms with van der Waals surface area (Å²) in [6.45, 7) is 2.59. The summed E-state index contributed by atoms with van der Waals surface area (Å²) in [6.07, 6.45) is 0.862. The first-order chi connectivity index (χ1) is 14.6. The molecule has 156 valence electrons. The van der Waals surface area contributed by atoms with Crippen LogP contribution in [0.2, 0.25) is 0 Å². The van der Waals surface area contributed by atoms with Crippen molar-refractivity contribution in [2.24, 2.45) is 0 Å². The van der Waals surface area contributed by atoms with Gasteiger partial charge in [0.1, 0.15) is 5.58 Å². The molecule has 4 rings (SSSR count). The lowest BCUT2D eigenvalue weighted by molar-refractivity contribution is -0.121. The van der Waals surface area contributed by atoms with Gasteiger partial charge in [-0.2, -0.15) is 0 Å². The number of furan rings is 1. The van der Waals surface area contributed by atoms with E-state index in [1.807, 2.05) is 42.5 Å². The predicted molar refractivity (Wildman–Crippen MR) is 116 cm³/mol. The van der Waals surface area contributed by atoms with Crippen molar-refractivity contribution in [2.45, 2.75) is 30.1 Å². The van der Waals surface area contributed by atoms with Gasteiger partial charge in [-0.15, -0.1) is 11.8 Å². The molecule has 0 unspecified atom stereocenters. The highest BCUT2D eigenvalue weighted by Crippen LogP contribution is 2.37. The third-order valence-electron chi connectivity index (χ3n) is 5.04. The zero-order valence-corrected chi connectivity index (χ0v) is 17.7. The van der Waals surface area contributed by atoms with Gasteiger partial charge in [-0.1, -0.05) is 37.3 Å². The van der Waals surface area contributed by atoms with E-state index < -0.39 is 5.97 Å². The standard InChI is InChI=1S/C23H23NO5S/c1-15-11-12-24(18-8-4-6-10-20(18)30-15)21(25)14-28-23(26)22-17(13-27-2)16-7-3-5-9-19(16)29-22/h3-10,15H,11-14H2,1-2H3/t15-/m0/s1. The molecule has 1 aromatic heterocycles. The number of fused-ring (bicyclic) bond motifs is 2. The van der Waals surface area contributed by atoms with Crippen LogP contribution in [0.5, 0.6) is 0 Å². The van der Waals surface area contributed by atoms with Crippen LogP contribution in [0.1, 0.15) is 29.5 Å². The van der Waals surface area contributed by atoms with Crippen LogP contribution >= 0.6 is 11.8 Å². The Morgan fingerprint density at radius 3 is 2.77 bits per heavy atom. The first kappa shape index (κ1) is 20.5. The minimum Gasteiger partial charge on any atom is -0.450 e. The molecule has 0 saturated heterocycles. The predicted octanol–water partition coefficient (Wildman–Crippen LogP) is 4.65. The van der Waals surface area contributed by atoms with Crippen LogP contribution in [0.15, 0.2) is 57.8 Å². The van der Waals surface area contributed by atoms with Crippen molar-refractivity contribution in [1.29, 1.82) is 0 Å². The number of carbonyl (C=O) groups excluding carboxylic acids is 2. The molecule has 0 aliphatic carbocycles. The monoisotopic (exact) mass is 425 g/mol. The molecule has 0 radical (unpaired) electrons. The summed E-state index contributed by atoms with van der Waals surface area (Å²) in [6, 6.07) is 15.2.